The van der Waals surface area contributed by atoms with Gasteiger partial charge in [-0.05, 0) is 0 Å². The van der Waals surface area contributed by atoms with Crippen molar-refractivity contribution in [2.75, 3.05) is 26.4 Å². The smallest absolute Gasteiger partial charge is 0.222 e. The molecule has 0 amide bonds. The summed E-state index contributed by atoms with van der Waals surface area (Å²) in [6, 6.07) is 0. The van der Waals surface area contributed by atoms with Crippen molar-refractivity contribution in [1.82, 2.24) is 0 Å². The molecule has 3 fully saturated rings. The first-order chi connectivity index (χ1) is 10.4. The quantitative estimate of drug-likeness (QED) is 0.278. The van der Waals surface area contributed by atoms with E-state index in [2.05, 4.69) is 0 Å². The van der Waals surface area contributed by atoms with Crippen LogP contribution in [0, 0.1) is 0 Å². The zero-order valence-electron chi connectivity index (χ0n) is 11.6. The minimum absolute atomic E-state index is 0.264. The van der Waals surface area contributed by atoms with Crippen LogP contribution >= 0.6 is 0 Å². The first-order valence-electron chi connectivity index (χ1n) is 6.96. The summed E-state index contributed by atoms with van der Waals surface area (Å²) in [7, 11) is 0. The molecule has 0 aromatic rings. The molecule has 128 valence electrons. The minimum atomic E-state index is -1.70. The van der Waals surface area contributed by atoms with Crippen LogP contribution in [0.25, 0.3) is 0 Å². The van der Waals surface area contributed by atoms with Gasteiger partial charge in [-0.3, -0.25) is 0 Å². The van der Waals surface area contributed by atoms with E-state index in [4.69, 9.17) is 24.1 Å². The predicted octanol–water partition coefficient (Wildman–Crippen LogP) is -4.35. The second-order valence-corrected chi connectivity index (χ2v) is 5.79. The molecule has 0 saturated carbocycles. The van der Waals surface area contributed by atoms with Crippen molar-refractivity contribution in [3.8, 4) is 0 Å². The van der Waals surface area contributed by atoms with Crippen molar-refractivity contribution in [1.29, 1.82) is 0 Å². The van der Waals surface area contributed by atoms with E-state index in [1.165, 1.54) is 0 Å². The summed E-state index contributed by atoms with van der Waals surface area (Å²) in [6.45, 7) is -1.58. The molecule has 3 heterocycles. The third-order valence-corrected chi connectivity index (χ3v) is 4.39. The van der Waals surface area contributed by atoms with Gasteiger partial charge in [0.1, 0.15) is 49.8 Å². The first kappa shape index (κ1) is 16.5. The molecule has 6 N–H and O–H groups in total. The third-order valence-electron chi connectivity index (χ3n) is 4.39. The second kappa shape index (κ2) is 5.60. The molecule has 4 unspecified atom stereocenters. The standard InChI is InChI=1S/C12H20O10/c13-1-6-8(16)10(18)12(22-6)4-20-11(3-21-12)9(17)7(15)5(14)2-19-11/h5-10,13-18H,1-4H2/t5-,6-,7?,8?,9?,10?,11-,12-/m1/s1. The summed E-state index contributed by atoms with van der Waals surface area (Å²) in [6.07, 6.45) is -8.14. The fourth-order valence-corrected chi connectivity index (χ4v) is 2.91. The average molecular weight is 324 g/mol. The lowest BCUT2D eigenvalue weighted by molar-refractivity contribution is -0.430. The molecule has 2 spiro atoms. The van der Waals surface area contributed by atoms with Crippen LogP contribution in [-0.2, 0) is 18.9 Å². The summed E-state index contributed by atoms with van der Waals surface area (Å²) in [5, 5.41) is 58.1. The lowest BCUT2D eigenvalue weighted by Crippen LogP contribution is -2.69. The summed E-state index contributed by atoms with van der Waals surface area (Å²) in [5.41, 5.74) is 0. The van der Waals surface area contributed by atoms with E-state index in [-0.39, 0.29) is 6.61 Å². The van der Waals surface area contributed by atoms with Gasteiger partial charge < -0.3 is 49.6 Å². The molecule has 3 rings (SSSR count). The lowest BCUT2D eigenvalue weighted by Gasteiger charge is -2.50. The van der Waals surface area contributed by atoms with E-state index >= 15 is 0 Å². The topological polar surface area (TPSA) is 158 Å². The monoisotopic (exact) mass is 324 g/mol. The van der Waals surface area contributed by atoms with Gasteiger partial charge >= 0.3 is 0 Å². The number of ether oxygens (including phenoxy) is 4. The van der Waals surface area contributed by atoms with Gasteiger partial charge in [0, 0.05) is 0 Å². The van der Waals surface area contributed by atoms with Gasteiger partial charge in [-0.15, -0.1) is 0 Å². The predicted molar refractivity (Wildman–Crippen MR) is 65.3 cm³/mol. The largest absolute Gasteiger partial charge is 0.394 e. The third kappa shape index (κ3) is 2.27. The minimum Gasteiger partial charge on any atom is -0.394 e. The molecule has 10 heteroatoms. The van der Waals surface area contributed by atoms with Crippen LogP contribution in [0.5, 0.6) is 0 Å². The molecular weight excluding hydrogens is 304 g/mol. The van der Waals surface area contributed by atoms with E-state index in [1.54, 1.807) is 0 Å². The molecule has 3 aliphatic rings. The van der Waals surface area contributed by atoms with Crippen LogP contribution < -0.4 is 0 Å². The molecule has 0 aromatic heterocycles. The summed E-state index contributed by atoms with van der Waals surface area (Å²) in [5.74, 6) is -3.39. The van der Waals surface area contributed by atoms with Crippen molar-refractivity contribution in [3.05, 3.63) is 0 Å². The Bertz CT molecular complexity index is 403. The van der Waals surface area contributed by atoms with Gasteiger partial charge in [-0.1, -0.05) is 0 Å². The Morgan fingerprint density at radius 3 is 1.95 bits per heavy atom. The van der Waals surface area contributed by atoms with Crippen LogP contribution in [0.4, 0.5) is 0 Å². The highest BCUT2D eigenvalue weighted by Gasteiger charge is 2.62. The molecule has 22 heavy (non-hydrogen) atoms. The molecule has 8 atom stereocenters. The second-order valence-electron chi connectivity index (χ2n) is 5.79. The Hall–Kier alpha value is -0.400. The molecule has 0 radical (unpaired) electrons. The maximum atomic E-state index is 10.0. The maximum absolute atomic E-state index is 10.0. The van der Waals surface area contributed by atoms with E-state index in [0.717, 1.165) is 0 Å². The Balaban J connectivity index is 1.73. The van der Waals surface area contributed by atoms with Gasteiger partial charge in [0.25, 0.3) is 0 Å². The fourth-order valence-electron chi connectivity index (χ4n) is 2.91. The van der Waals surface area contributed by atoms with Crippen molar-refractivity contribution >= 4 is 0 Å². The van der Waals surface area contributed by atoms with Gasteiger partial charge in [0.05, 0.1) is 13.2 Å². The Labute approximate surface area is 125 Å². The van der Waals surface area contributed by atoms with E-state index in [1.807, 2.05) is 0 Å². The summed E-state index contributed by atoms with van der Waals surface area (Å²) < 4.78 is 21.5. The van der Waals surface area contributed by atoms with Crippen LogP contribution in [0.1, 0.15) is 0 Å². The molecule has 0 bridgehead atoms. The summed E-state index contributed by atoms with van der Waals surface area (Å²) >= 11 is 0. The number of hydrogen-bond donors (Lipinski definition) is 6. The Morgan fingerprint density at radius 2 is 1.41 bits per heavy atom. The van der Waals surface area contributed by atoms with E-state index in [0.29, 0.717) is 0 Å². The average Bonchev–Trinajstić information content (AvgIpc) is 2.77. The number of rotatable bonds is 1. The number of hydrogen-bond acceptors (Lipinski definition) is 10. The zero-order valence-corrected chi connectivity index (χ0v) is 11.6. The Morgan fingerprint density at radius 1 is 0.818 bits per heavy atom. The van der Waals surface area contributed by atoms with Crippen molar-refractivity contribution in [2.45, 2.75) is 48.2 Å². The highest BCUT2D eigenvalue weighted by molar-refractivity contribution is 5.02. The first-order valence-corrected chi connectivity index (χ1v) is 6.96. The van der Waals surface area contributed by atoms with Crippen LogP contribution in [0.3, 0.4) is 0 Å². The van der Waals surface area contributed by atoms with Crippen molar-refractivity contribution in [2.24, 2.45) is 0 Å². The fraction of sp³-hybridized carbons (Fsp3) is 1.00. The molecule has 10 nitrogen and oxygen atoms in total. The molecule has 0 aliphatic carbocycles. The molecule has 0 aromatic carbocycles. The van der Waals surface area contributed by atoms with E-state index < -0.39 is 68.0 Å². The number of aliphatic hydroxyl groups is 6. The lowest BCUT2D eigenvalue weighted by atomic mass is 9.95. The molecule has 3 saturated heterocycles. The van der Waals surface area contributed by atoms with Crippen LogP contribution in [0.2, 0.25) is 0 Å². The van der Waals surface area contributed by atoms with Gasteiger partial charge in [0.2, 0.25) is 11.6 Å². The molecular formula is C12H20O10. The zero-order chi connectivity index (χ0) is 16.1. The highest BCUT2D eigenvalue weighted by atomic mass is 16.8. The normalized spacial score (nSPS) is 55.9. The van der Waals surface area contributed by atoms with Gasteiger partial charge in [0.15, 0.2) is 0 Å². The number of aliphatic hydroxyl groups excluding tert-OH is 6. The summed E-state index contributed by atoms with van der Waals surface area (Å²) in [4.78, 5) is 0. The van der Waals surface area contributed by atoms with Crippen LogP contribution in [0.15, 0.2) is 0 Å². The van der Waals surface area contributed by atoms with Crippen molar-refractivity contribution in [3.63, 3.8) is 0 Å². The highest BCUT2D eigenvalue weighted by Crippen LogP contribution is 2.40. The van der Waals surface area contributed by atoms with Crippen molar-refractivity contribution < 1.29 is 49.6 Å². The SMILES string of the molecule is OC[C@H]1O[C@]2(CO[C@@]3(CO2)OC[C@@H](O)C(O)C3O)C(O)C1O. The maximum Gasteiger partial charge on any atom is 0.222 e. The van der Waals surface area contributed by atoms with Crippen LogP contribution in [-0.4, -0.2) is 105 Å². The van der Waals surface area contributed by atoms with Gasteiger partial charge in [-0.25, -0.2) is 0 Å². The Kier molecular flexibility index (Phi) is 4.19. The molecule has 3 aliphatic heterocycles. The van der Waals surface area contributed by atoms with Gasteiger partial charge in [-0.2, -0.15) is 0 Å². The van der Waals surface area contributed by atoms with E-state index in [9.17, 15) is 25.5 Å².